The van der Waals surface area contributed by atoms with Crippen LogP contribution in [0.2, 0.25) is 0 Å². The van der Waals surface area contributed by atoms with Gasteiger partial charge >= 0.3 is 6.09 Å². The molecule has 10 nitrogen and oxygen atoms in total. The summed E-state index contributed by atoms with van der Waals surface area (Å²) in [5.41, 5.74) is 3.34. The van der Waals surface area contributed by atoms with Crippen molar-refractivity contribution in [2.45, 2.75) is 55.6 Å². The van der Waals surface area contributed by atoms with E-state index in [9.17, 15) is 14.7 Å². The standard InChI is InChI=1S/C26H30N6O4S/c1-36-23-9-7-19-24(32-23)16(10-11-27-19)12-20(30-26(34)35)15-2-4-17(5-3-15)28-13-18-6-8-21-25(29-18)31-22(33)14-37-21/h6-11,15,17,20,28,30H,2-5,12-14H2,1H3,(H,34,35)(H,29,31,33)/t15?,17?,20-/m1/s1. The molecule has 0 bridgehead atoms. The molecule has 0 saturated heterocycles. The fraction of sp³-hybridized carbons (Fsp3) is 0.423. The van der Waals surface area contributed by atoms with Crippen molar-refractivity contribution in [1.82, 2.24) is 25.6 Å². The number of carbonyl (C=O) groups is 2. The predicted octanol–water partition coefficient (Wildman–Crippen LogP) is 3.60. The lowest BCUT2D eigenvalue weighted by Gasteiger charge is -2.34. The highest BCUT2D eigenvalue weighted by Gasteiger charge is 2.29. The van der Waals surface area contributed by atoms with Gasteiger partial charge in [0.1, 0.15) is 5.82 Å². The highest BCUT2D eigenvalue weighted by atomic mass is 32.2. The first-order chi connectivity index (χ1) is 18.0. The van der Waals surface area contributed by atoms with Crippen LogP contribution in [0.3, 0.4) is 0 Å². The van der Waals surface area contributed by atoms with Gasteiger partial charge in [-0.25, -0.2) is 14.8 Å². The third kappa shape index (κ3) is 6.11. The van der Waals surface area contributed by atoms with Crippen LogP contribution in [0, 0.1) is 5.92 Å². The van der Waals surface area contributed by atoms with Crippen molar-refractivity contribution < 1.29 is 19.4 Å². The van der Waals surface area contributed by atoms with E-state index in [0.717, 1.165) is 52.9 Å². The average Bonchev–Trinajstić information content (AvgIpc) is 2.91. The first-order valence-corrected chi connectivity index (χ1v) is 13.4. The van der Waals surface area contributed by atoms with Crippen LogP contribution in [0.15, 0.2) is 41.4 Å². The molecule has 0 aromatic carbocycles. The lowest BCUT2D eigenvalue weighted by Crippen LogP contribution is -2.44. The van der Waals surface area contributed by atoms with Gasteiger partial charge in [0, 0.05) is 30.9 Å². The molecule has 2 amide bonds. The van der Waals surface area contributed by atoms with Crippen LogP contribution in [-0.2, 0) is 17.8 Å². The SMILES string of the molecule is COc1ccc2nccc(C[C@@H](NC(=O)O)C3CCC(NCc4ccc5c(n4)NC(=O)CS5)CC3)c2n1. The van der Waals surface area contributed by atoms with Crippen LogP contribution in [0.25, 0.3) is 11.0 Å². The maximum atomic E-state index is 11.7. The predicted molar refractivity (Wildman–Crippen MR) is 141 cm³/mol. The second-order valence-corrected chi connectivity index (χ2v) is 10.4. The van der Waals surface area contributed by atoms with Gasteiger partial charge in [-0.3, -0.25) is 9.78 Å². The number of carboxylic acid groups (broad SMARTS) is 1. The Labute approximate surface area is 219 Å². The van der Waals surface area contributed by atoms with Crippen molar-refractivity contribution in [2.24, 2.45) is 5.92 Å². The summed E-state index contributed by atoms with van der Waals surface area (Å²) >= 11 is 1.51. The number of thioether (sulfide) groups is 1. The number of nitrogens with zero attached hydrogens (tertiary/aromatic N) is 3. The van der Waals surface area contributed by atoms with Gasteiger partial charge in [0.2, 0.25) is 11.8 Å². The number of carbonyl (C=O) groups excluding carboxylic acids is 1. The zero-order chi connectivity index (χ0) is 25.8. The molecule has 1 atom stereocenters. The Balaban J connectivity index is 1.21. The Bertz CT molecular complexity index is 1300. The van der Waals surface area contributed by atoms with E-state index in [0.29, 0.717) is 36.5 Å². The molecule has 5 rings (SSSR count). The number of ether oxygens (including phenoxy) is 1. The molecule has 4 heterocycles. The van der Waals surface area contributed by atoms with Crippen molar-refractivity contribution in [3.63, 3.8) is 0 Å². The Hall–Kier alpha value is -3.44. The van der Waals surface area contributed by atoms with Crippen molar-refractivity contribution in [3.8, 4) is 5.88 Å². The van der Waals surface area contributed by atoms with Gasteiger partial charge in [0.15, 0.2) is 0 Å². The van der Waals surface area contributed by atoms with Crippen molar-refractivity contribution in [2.75, 3.05) is 18.2 Å². The summed E-state index contributed by atoms with van der Waals surface area (Å²) in [6.45, 7) is 0.621. The van der Waals surface area contributed by atoms with Gasteiger partial charge in [0.05, 0.1) is 34.5 Å². The topological polar surface area (TPSA) is 138 Å². The fourth-order valence-electron chi connectivity index (χ4n) is 5.15. The molecule has 194 valence electrons. The van der Waals surface area contributed by atoms with Gasteiger partial charge < -0.3 is 25.8 Å². The van der Waals surface area contributed by atoms with Crippen LogP contribution in [0.5, 0.6) is 5.88 Å². The van der Waals surface area contributed by atoms with E-state index >= 15 is 0 Å². The van der Waals surface area contributed by atoms with Gasteiger partial charge in [-0.2, -0.15) is 0 Å². The van der Waals surface area contributed by atoms with E-state index in [2.05, 4.69) is 30.9 Å². The summed E-state index contributed by atoms with van der Waals surface area (Å²) < 4.78 is 5.28. The second-order valence-electron chi connectivity index (χ2n) is 9.43. The Kier molecular flexibility index (Phi) is 7.71. The molecule has 2 aliphatic rings. The first kappa shape index (κ1) is 25.2. The van der Waals surface area contributed by atoms with E-state index in [-0.39, 0.29) is 17.9 Å². The average molecular weight is 523 g/mol. The Morgan fingerprint density at radius 1 is 1.19 bits per heavy atom. The molecule has 1 aliphatic carbocycles. The molecule has 0 spiro atoms. The summed E-state index contributed by atoms with van der Waals surface area (Å²) in [6.07, 6.45) is 4.98. The third-order valence-corrected chi connectivity index (χ3v) is 8.09. The smallest absolute Gasteiger partial charge is 0.404 e. The summed E-state index contributed by atoms with van der Waals surface area (Å²) in [4.78, 5) is 37.9. The molecular weight excluding hydrogens is 492 g/mol. The molecule has 0 unspecified atom stereocenters. The summed E-state index contributed by atoms with van der Waals surface area (Å²) in [6, 6.07) is 9.66. The molecule has 4 N–H and O–H groups in total. The van der Waals surface area contributed by atoms with E-state index in [4.69, 9.17) is 4.74 Å². The van der Waals surface area contributed by atoms with E-state index in [1.807, 2.05) is 24.3 Å². The van der Waals surface area contributed by atoms with Crippen molar-refractivity contribution in [1.29, 1.82) is 0 Å². The fourth-order valence-corrected chi connectivity index (χ4v) is 5.90. The second kappa shape index (κ2) is 11.3. The summed E-state index contributed by atoms with van der Waals surface area (Å²) in [7, 11) is 1.57. The molecule has 1 fully saturated rings. The molecule has 3 aromatic rings. The van der Waals surface area contributed by atoms with Crippen LogP contribution in [0.4, 0.5) is 10.6 Å². The molecule has 11 heteroatoms. The number of fused-ring (bicyclic) bond motifs is 2. The van der Waals surface area contributed by atoms with Crippen molar-refractivity contribution in [3.05, 3.63) is 47.8 Å². The van der Waals surface area contributed by atoms with Gasteiger partial charge in [-0.05, 0) is 67.9 Å². The number of pyridine rings is 3. The maximum absolute atomic E-state index is 11.7. The molecule has 0 radical (unpaired) electrons. The number of nitrogens with one attached hydrogen (secondary N) is 3. The van der Waals surface area contributed by atoms with Crippen LogP contribution in [-0.4, -0.2) is 57.0 Å². The van der Waals surface area contributed by atoms with Crippen molar-refractivity contribution >= 4 is 40.6 Å². The zero-order valence-corrected chi connectivity index (χ0v) is 21.4. The van der Waals surface area contributed by atoms with E-state index in [1.54, 1.807) is 19.4 Å². The quantitative estimate of drug-likeness (QED) is 0.349. The third-order valence-electron chi connectivity index (χ3n) is 7.04. The number of rotatable bonds is 8. The van der Waals surface area contributed by atoms with E-state index in [1.165, 1.54) is 11.8 Å². The Morgan fingerprint density at radius 2 is 2.03 bits per heavy atom. The molecule has 1 aliphatic heterocycles. The van der Waals surface area contributed by atoms with Gasteiger partial charge in [-0.1, -0.05) is 0 Å². The summed E-state index contributed by atoms with van der Waals surface area (Å²) in [5, 5.41) is 18.7. The molecule has 37 heavy (non-hydrogen) atoms. The van der Waals surface area contributed by atoms with Crippen LogP contribution in [0.1, 0.15) is 36.9 Å². The lowest BCUT2D eigenvalue weighted by molar-refractivity contribution is -0.113. The number of amides is 2. The largest absolute Gasteiger partial charge is 0.481 e. The highest BCUT2D eigenvalue weighted by molar-refractivity contribution is 8.00. The number of methoxy groups -OCH3 is 1. The number of hydrogen-bond acceptors (Lipinski definition) is 8. The number of anilines is 1. The normalized spacial score (nSPS) is 20.1. The first-order valence-electron chi connectivity index (χ1n) is 12.4. The molecular formula is C26H30N6O4S. The minimum absolute atomic E-state index is 0.0207. The zero-order valence-electron chi connectivity index (χ0n) is 20.6. The minimum atomic E-state index is -1.02. The summed E-state index contributed by atoms with van der Waals surface area (Å²) in [5.74, 6) is 1.77. The number of aromatic nitrogens is 3. The van der Waals surface area contributed by atoms with Crippen LogP contribution < -0.4 is 20.7 Å². The van der Waals surface area contributed by atoms with Gasteiger partial charge in [-0.15, -0.1) is 11.8 Å². The number of hydrogen-bond donors (Lipinski definition) is 4. The maximum Gasteiger partial charge on any atom is 0.404 e. The lowest BCUT2D eigenvalue weighted by atomic mass is 9.79. The van der Waals surface area contributed by atoms with Crippen LogP contribution >= 0.6 is 11.8 Å². The Morgan fingerprint density at radius 3 is 2.81 bits per heavy atom. The van der Waals surface area contributed by atoms with Gasteiger partial charge in [0.25, 0.3) is 0 Å². The highest BCUT2D eigenvalue weighted by Crippen LogP contribution is 2.31. The monoisotopic (exact) mass is 522 g/mol. The molecule has 1 saturated carbocycles. The molecule has 3 aromatic heterocycles. The van der Waals surface area contributed by atoms with E-state index < -0.39 is 6.09 Å². The minimum Gasteiger partial charge on any atom is -0.481 e.